The fourth-order valence-electron chi connectivity index (χ4n) is 4.26. The molecule has 0 spiro atoms. The Morgan fingerprint density at radius 2 is 1.75 bits per heavy atom. The Morgan fingerprint density at radius 3 is 2.47 bits per heavy atom. The summed E-state index contributed by atoms with van der Waals surface area (Å²) in [6.45, 7) is 6.69. The van der Waals surface area contributed by atoms with Crippen LogP contribution < -0.4 is 5.32 Å². The first-order chi connectivity index (χ1) is 17.2. The average molecular weight is 525 g/mol. The lowest BCUT2D eigenvalue weighted by Crippen LogP contribution is -2.31. The molecule has 1 atom stereocenters. The first-order valence-corrected chi connectivity index (χ1v) is 13.7. The number of rotatable bonds is 9. The number of hydrogen-bond donors (Lipinski definition) is 1. The number of benzene rings is 3. The largest absolute Gasteiger partial charge is 0.342 e. The number of amides is 1. The third-order valence-corrected chi connectivity index (χ3v) is 8.37. The molecule has 7 nitrogen and oxygen atoms in total. The van der Waals surface area contributed by atoms with Gasteiger partial charge in [-0.3, -0.25) is 4.79 Å². The number of hydrogen-bond acceptors (Lipinski definition) is 4. The van der Waals surface area contributed by atoms with Crippen molar-refractivity contribution in [1.29, 1.82) is 0 Å². The van der Waals surface area contributed by atoms with Crippen LogP contribution in [-0.4, -0.2) is 41.3 Å². The highest BCUT2D eigenvalue weighted by molar-refractivity contribution is 7.89. The number of fused-ring (bicyclic) bond motifs is 1. The van der Waals surface area contributed by atoms with Crippen molar-refractivity contribution in [2.45, 2.75) is 38.3 Å². The average Bonchev–Trinajstić information content (AvgIpc) is 3.23. The predicted molar refractivity (Wildman–Crippen MR) is 143 cm³/mol. The molecule has 1 unspecified atom stereocenters. The molecule has 1 N–H and O–H groups in total. The quantitative estimate of drug-likeness (QED) is 0.324. The third-order valence-electron chi connectivity index (χ3n) is 6.09. The van der Waals surface area contributed by atoms with E-state index in [9.17, 15) is 13.2 Å². The highest BCUT2D eigenvalue weighted by Gasteiger charge is 2.24. The standard InChI is InChI=1S/C27H29ClN4O3S/c1-4-31(5-2)36(34,35)23-13-9-11-21(17-23)27(33)29-19(3)26-30-24-14-6-7-15-25(24)32(26)18-20-10-8-12-22(28)16-20/h6-17,19H,4-5,18H2,1-3H3,(H,29,33). The van der Waals surface area contributed by atoms with Gasteiger partial charge in [-0.25, -0.2) is 13.4 Å². The van der Waals surface area contributed by atoms with Gasteiger partial charge in [-0.15, -0.1) is 0 Å². The van der Waals surface area contributed by atoms with Crippen LogP contribution >= 0.6 is 11.6 Å². The first-order valence-electron chi connectivity index (χ1n) is 11.8. The van der Waals surface area contributed by atoms with Crippen LogP contribution in [0.25, 0.3) is 11.0 Å². The minimum atomic E-state index is -3.67. The maximum absolute atomic E-state index is 13.2. The Hall–Kier alpha value is -3.20. The van der Waals surface area contributed by atoms with E-state index >= 15 is 0 Å². The molecule has 0 saturated heterocycles. The number of carbonyl (C=O) groups is 1. The van der Waals surface area contributed by atoms with Crippen LogP contribution in [0.3, 0.4) is 0 Å². The summed E-state index contributed by atoms with van der Waals surface area (Å²) in [5.41, 5.74) is 3.05. The number of halogens is 1. The zero-order valence-corrected chi connectivity index (χ0v) is 22.1. The second-order valence-electron chi connectivity index (χ2n) is 8.49. The maximum Gasteiger partial charge on any atom is 0.251 e. The Labute approximate surface area is 216 Å². The highest BCUT2D eigenvalue weighted by atomic mass is 35.5. The molecule has 188 valence electrons. The van der Waals surface area contributed by atoms with Gasteiger partial charge >= 0.3 is 0 Å². The minimum Gasteiger partial charge on any atom is -0.342 e. The Balaban J connectivity index is 1.63. The smallest absolute Gasteiger partial charge is 0.251 e. The van der Waals surface area contributed by atoms with Gasteiger partial charge in [0.2, 0.25) is 10.0 Å². The van der Waals surface area contributed by atoms with Gasteiger partial charge < -0.3 is 9.88 Å². The van der Waals surface area contributed by atoms with Crippen LogP contribution in [0.4, 0.5) is 0 Å². The second-order valence-corrected chi connectivity index (χ2v) is 10.9. The van der Waals surface area contributed by atoms with E-state index in [1.165, 1.54) is 16.4 Å². The summed E-state index contributed by atoms with van der Waals surface area (Å²) in [5, 5.41) is 3.64. The van der Waals surface area contributed by atoms with Crippen LogP contribution in [0.5, 0.6) is 0 Å². The Morgan fingerprint density at radius 1 is 1.03 bits per heavy atom. The lowest BCUT2D eigenvalue weighted by Gasteiger charge is -2.19. The number of nitrogens with one attached hydrogen (secondary N) is 1. The van der Waals surface area contributed by atoms with Gasteiger partial charge in [-0.1, -0.05) is 55.8 Å². The number of imidazole rings is 1. The molecule has 4 aromatic rings. The van der Waals surface area contributed by atoms with Crippen LogP contribution in [0.2, 0.25) is 5.02 Å². The Kier molecular flexibility index (Phi) is 7.78. The van der Waals surface area contributed by atoms with Gasteiger partial charge in [0.1, 0.15) is 5.82 Å². The molecule has 0 radical (unpaired) electrons. The zero-order valence-electron chi connectivity index (χ0n) is 20.5. The van der Waals surface area contributed by atoms with Crippen molar-refractivity contribution in [3.63, 3.8) is 0 Å². The monoisotopic (exact) mass is 524 g/mol. The molecule has 1 amide bonds. The molecule has 0 fully saturated rings. The molecular weight excluding hydrogens is 496 g/mol. The summed E-state index contributed by atoms with van der Waals surface area (Å²) in [4.78, 5) is 18.1. The topological polar surface area (TPSA) is 84.3 Å². The van der Waals surface area contributed by atoms with E-state index in [-0.39, 0.29) is 16.4 Å². The maximum atomic E-state index is 13.2. The van der Waals surface area contributed by atoms with Gasteiger partial charge in [0, 0.05) is 30.2 Å². The SMILES string of the molecule is CCN(CC)S(=O)(=O)c1cccc(C(=O)NC(C)c2nc3ccccc3n2Cc2cccc(Cl)c2)c1. The molecule has 4 rings (SSSR count). The fraction of sp³-hybridized carbons (Fsp3) is 0.259. The molecule has 36 heavy (non-hydrogen) atoms. The predicted octanol–water partition coefficient (Wildman–Crippen LogP) is 5.26. The second kappa shape index (κ2) is 10.8. The number of aromatic nitrogens is 2. The van der Waals surface area contributed by atoms with Crippen molar-refractivity contribution >= 4 is 38.6 Å². The molecule has 0 bridgehead atoms. The summed E-state index contributed by atoms with van der Waals surface area (Å²) < 4.78 is 29.3. The number of para-hydroxylation sites is 2. The van der Waals surface area contributed by atoms with Crippen molar-refractivity contribution in [3.05, 3.63) is 94.8 Å². The number of carbonyl (C=O) groups excluding carboxylic acids is 1. The fourth-order valence-corrected chi connectivity index (χ4v) is 5.98. The molecule has 0 aliphatic heterocycles. The first kappa shape index (κ1) is 25.9. The van der Waals surface area contributed by atoms with Crippen LogP contribution in [0.1, 0.15) is 48.6 Å². The van der Waals surface area contributed by atoms with Crippen molar-refractivity contribution in [3.8, 4) is 0 Å². The van der Waals surface area contributed by atoms with E-state index < -0.39 is 16.1 Å². The van der Waals surface area contributed by atoms with Gasteiger partial charge in [0.15, 0.2) is 0 Å². The van der Waals surface area contributed by atoms with E-state index in [4.69, 9.17) is 16.6 Å². The van der Waals surface area contributed by atoms with E-state index in [0.29, 0.717) is 30.5 Å². The summed E-state index contributed by atoms with van der Waals surface area (Å²) >= 11 is 6.20. The van der Waals surface area contributed by atoms with Crippen molar-refractivity contribution < 1.29 is 13.2 Å². The minimum absolute atomic E-state index is 0.0969. The van der Waals surface area contributed by atoms with E-state index in [1.54, 1.807) is 26.0 Å². The molecule has 0 saturated carbocycles. The third kappa shape index (κ3) is 5.31. The van der Waals surface area contributed by atoms with Crippen molar-refractivity contribution in [1.82, 2.24) is 19.2 Å². The van der Waals surface area contributed by atoms with Gasteiger partial charge in [-0.2, -0.15) is 4.31 Å². The molecule has 9 heteroatoms. The summed E-state index contributed by atoms with van der Waals surface area (Å²) in [6, 6.07) is 21.1. The van der Waals surface area contributed by atoms with E-state index in [1.807, 2.05) is 55.5 Å². The lowest BCUT2D eigenvalue weighted by molar-refractivity contribution is 0.0937. The summed E-state index contributed by atoms with van der Waals surface area (Å²) in [7, 11) is -3.67. The summed E-state index contributed by atoms with van der Waals surface area (Å²) in [6.07, 6.45) is 0. The molecule has 0 aliphatic rings. The van der Waals surface area contributed by atoms with Crippen LogP contribution in [0, 0.1) is 0 Å². The molecule has 1 aromatic heterocycles. The van der Waals surface area contributed by atoms with Crippen molar-refractivity contribution in [2.24, 2.45) is 0 Å². The normalized spacial score (nSPS) is 12.7. The molecular formula is C27H29ClN4O3S. The molecule has 3 aromatic carbocycles. The Bertz CT molecular complexity index is 1500. The zero-order chi connectivity index (χ0) is 25.9. The van der Waals surface area contributed by atoms with E-state index in [0.717, 1.165) is 16.6 Å². The van der Waals surface area contributed by atoms with Crippen LogP contribution in [0.15, 0.2) is 77.7 Å². The van der Waals surface area contributed by atoms with Crippen molar-refractivity contribution in [2.75, 3.05) is 13.1 Å². The highest BCUT2D eigenvalue weighted by Crippen LogP contribution is 2.24. The molecule has 1 heterocycles. The van der Waals surface area contributed by atoms with Gasteiger partial charge in [0.05, 0.1) is 22.0 Å². The lowest BCUT2D eigenvalue weighted by atomic mass is 10.2. The van der Waals surface area contributed by atoms with Gasteiger partial charge in [0.25, 0.3) is 5.91 Å². The van der Waals surface area contributed by atoms with Crippen LogP contribution in [-0.2, 0) is 16.6 Å². The number of nitrogens with zero attached hydrogens (tertiary/aromatic N) is 3. The molecule has 0 aliphatic carbocycles. The van der Waals surface area contributed by atoms with E-state index in [2.05, 4.69) is 9.88 Å². The summed E-state index contributed by atoms with van der Waals surface area (Å²) in [5.74, 6) is 0.317. The number of sulfonamides is 1. The van der Waals surface area contributed by atoms with Gasteiger partial charge in [-0.05, 0) is 55.0 Å².